The van der Waals surface area contributed by atoms with Gasteiger partial charge in [-0.05, 0) is 31.9 Å². The molecular weight excluding hydrogens is 212 g/mol. The van der Waals surface area contributed by atoms with Gasteiger partial charge in [0, 0.05) is 18.9 Å². The minimum absolute atomic E-state index is 0.520. The SMILES string of the molecule is CCn1ccnc1COc1c(C)cccc1C. The number of benzene rings is 1. The van der Waals surface area contributed by atoms with E-state index in [1.807, 2.05) is 18.5 Å². The molecule has 0 unspecified atom stereocenters. The van der Waals surface area contributed by atoms with E-state index in [0.717, 1.165) is 18.1 Å². The second kappa shape index (κ2) is 5.04. The number of ether oxygens (including phenoxy) is 1. The van der Waals surface area contributed by atoms with Gasteiger partial charge in [-0.2, -0.15) is 0 Å². The van der Waals surface area contributed by atoms with Gasteiger partial charge in [0.25, 0.3) is 0 Å². The third-order valence-electron chi connectivity index (χ3n) is 2.90. The number of hydrogen-bond donors (Lipinski definition) is 0. The molecule has 1 heterocycles. The molecule has 0 N–H and O–H groups in total. The van der Waals surface area contributed by atoms with Gasteiger partial charge >= 0.3 is 0 Å². The summed E-state index contributed by atoms with van der Waals surface area (Å²) in [5.74, 6) is 1.94. The second-order valence-electron chi connectivity index (χ2n) is 4.14. The van der Waals surface area contributed by atoms with Crippen LogP contribution in [0.4, 0.5) is 0 Å². The Hall–Kier alpha value is -1.77. The van der Waals surface area contributed by atoms with Crippen molar-refractivity contribution in [2.24, 2.45) is 0 Å². The van der Waals surface area contributed by atoms with E-state index in [2.05, 4.69) is 42.5 Å². The molecule has 0 aliphatic rings. The molecule has 0 atom stereocenters. The van der Waals surface area contributed by atoms with Crippen molar-refractivity contribution in [1.29, 1.82) is 0 Å². The van der Waals surface area contributed by atoms with Gasteiger partial charge in [-0.1, -0.05) is 18.2 Å². The van der Waals surface area contributed by atoms with Crippen molar-refractivity contribution in [3.63, 3.8) is 0 Å². The normalized spacial score (nSPS) is 10.5. The summed E-state index contributed by atoms with van der Waals surface area (Å²) in [5, 5.41) is 0. The van der Waals surface area contributed by atoms with Gasteiger partial charge in [-0.25, -0.2) is 4.98 Å². The summed E-state index contributed by atoms with van der Waals surface area (Å²) in [6.07, 6.45) is 3.79. The lowest BCUT2D eigenvalue weighted by Crippen LogP contribution is -2.06. The minimum Gasteiger partial charge on any atom is -0.485 e. The molecule has 0 aliphatic carbocycles. The molecule has 0 amide bonds. The van der Waals surface area contributed by atoms with Gasteiger partial charge in [0.05, 0.1) is 0 Å². The predicted molar refractivity (Wildman–Crippen MR) is 68.1 cm³/mol. The molecule has 0 radical (unpaired) electrons. The summed E-state index contributed by atoms with van der Waals surface area (Å²) in [7, 11) is 0. The number of rotatable bonds is 4. The van der Waals surface area contributed by atoms with E-state index < -0.39 is 0 Å². The summed E-state index contributed by atoms with van der Waals surface area (Å²) >= 11 is 0. The first-order valence-corrected chi connectivity index (χ1v) is 5.91. The summed E-state index contributed by atoms with van der Waals surface area (Å²) in [5.41, 5.74) is 2.33. The van der Waals surface area contributed by atoms with Crippen LogP contribution in [0.5, 0.6) is 5.75 Å². The van der Waals surface area contributed by atoms with Crippen LogP contribution in [0.25, 0.3) is 0 Å². The maximum atomic E-state index is 5.87. The van der Waals surface area contributed by atoms with E-state index in [-0.39, 0.29) is 0 Å². The molecule has 0 aliphatic heterocycles. The number of aryl methyl sites for hydroxylation is 3. The van der Waals surface area contributed by atoms with Gasteiger partial charge in [-0.3, -0.25) is 0 Å². The van der Waals surface area contributed by atoms with Gasteiger partial charge in [0.2, 0.25) is 0 Å². The van der Waals surface area contributed by atoms with Crippen LogP contribution in [0, 0.1) is 13.8 Å². The molecule has 2 rings (SSSR count). The lowest BCUT2D eigenvalue weighted by atomic mass is 10.1. The highest BCUT2D eigenvalue weighted by Gasteiger charge is 2.06. The molecule has 0 saturated heterocycles. The Morgan fingerprint density at radius 3 is 2.59 bits per heavy atom. The number of imidazole rings is 1. The Balaban J connectivity index is 2.13. The van der Waals surface area contributed by atoms with Gasteiger partial charge in [-0.15, -0.1) is 0 Å². The third kappa shape index (κ3) is 2.49. The van der Waals surface area contributed by atoms with Crippen molar-refractivity contribution >= 4 is 0 Å². The number of para-hydroxylation sites is 1. The third-order valence-corrected chi connectivity index (χ3v) is 2.90. The van der Waals surface area contributed by atoms with E-state index >= 15 is 0 Å². The van der Waals surface area contributed by atoms with Crippen LogP contribution in [-0.2, 0) is 13.2 Å². The van der Waals surface area contributed by atoms with Gasteiger partial charge in [0.1, 0.15) is 18.2 Å². The lowest BCUT2D eigenvalue weighted by Gasteiger charge is -2.12. The monoisotopic (exact) mass is 230 g/mol. The van der Waals surface area contributed by atoms with E-state index in [0.29, 0.717) is 6.61 Å². The molecule has 17 heavy (non-hydrogen) atoms. The van der Waals surface area contributed by atoms with Crippen molar-refractivity contribution in [3.8, 4) is 5.75 Å². The molecule has 0 bridgehead atoms. The van der Waals surface area contributed by atoms with Crippen LogP contribution < -0.4 is 4.74 Å². The fraction of sp³-hybridized carbons (Fsp3) is 0.357. The average Bonchev–Trinajstić information content (AvgIpc) is 2.76. The fourth-order valence-electron chi connectivity index (χ4n) is 1.93. The van der Waals surface area contributed by atoms with E-state index in [4.69, 9.17) is 4.74 Å². The largest absolute Gasteiger partial charge is 0.485 e. The molecule has 0 spiro atoms. The van der Waals surface area contributed by atoms with Crippen molar-refractivity contribution in [3.05, 3.63) is 47.5 Å². The zero-order chi connectivity index (χ0) is 12.3. The van der Waals surface area contributed by atoms with E-state index in [9.17, 15) is 0 Å². The summed E-state index contributed by atoms with van der Waals surface area (Å²) in [4.78, 5) is 4.30. The number of aromatic nitrogens is 2. The van der Waals surface area contributed by atoms with Crippen molar-refractivity contribution in [1.82, 2.24) is 9.55 Å². The Kier molecular flexibility index (Phi) is 3.47. The minimum atomic E-state index is 0.520. The van der Waals surface area contributed by atoms with Gasteiger partial charge < -0.3 is 9.30 Å². The first-order chi connectivity index (χ1) is 8.22. The first kappa shape index (κ1) is 11.7. The Bertz CT molecular complexity index is 482. The number of nitrogens with zero attached hydrogens (tertiary/aromatic N) is 2. The van der Waals surface area contributed by atoms with Crippen molar-refractivity contribution in [2.75, 3.05) is 0 Å². The topological polar surface area (TPSA) is 27.1 Å². The molecule has 1 aromatic heterocycles. The number of hydrogen-bond acceptors (Lipinski definition) is 2. The Labute approximate surface area is 102 Å². The molecular formula is C14H18N2O. The molecule has 3 heteroatoms. The van der Waals surface area contributed by atoms with Crippen LogP contribution in [0.3, 0.4) is 0 Å². The molecule has 90 valence electrons. The fourth-order valence-corrected chi connectivity index (χ4v) is 1.93. The van der Waals surface area contributed by atoms with Crippen molar-refractivity contribution < 1.29 is 4.74 Å². The summed E-state index contributed by atoms with van der Waals surface area (Å²) in [6, 6.07) is 6.17. The van der Waals surface area contributed by atoms with Crippen LogP contribution in [-0.4, -0.2) is 9.55 Å². The highest BCUT2D eigenvalue weighted by molar-refractivity contribution is 5.39. The maximum absolute atomic E-state index is 5.87. The van der Waals surface area contributed by atoms with E-state index in [1.165, 1.54) is 11.1 Å². The van der Waals surface area contributed by atoms with Crippen LogP contribution in [0.2, 0.25) is 0 Å². The van der Waals surface area contributed by atoms with Crippen LogP contribution >= 0.6 is 0 Å². The Morgan fingerprint density at radius 2 is 1.94 bits per heavy atom. The standard InChI is InChI=1S/C14H18N2O/c1-4-16-9-8-15-13(16)10-17-14-11(2)6-5-7-12(14)3/h5-9H,4,10H2,1-3H3. The summed E-state index contributed by atoms with van der Waals surface area (Å²) < 4.78 is 7.96. The molecule has 0 saturated carbocycles. The average molecular weight is 230 g/mol. The highest BCUT2D eigenvalue weighted by atomic mass is 16.5. The molecule has 0 fully saturated rings. The predicted octanol–water partition coefficient (Wildman–Crippen LogP) is 3.10. The maximum Gasteiger partial charge on any atom is 0.146 e. The quantitative estimate of drug-likeness (QED) is 0.807. The van der Waals surface area contributed by atoms with Crippen molar-refractivity contribution in [2.45, 2.75) is 33.9 Å². The second-order valence-corrected chi connectivity index (χ2v) is 4.14. The molecule has 1 aromatic carbocycles. The van der Waals surface area contributed by atoms with Crippen LogP contribution in [0.15, 0.2) is 30.6 Å². The summed E-state index contributed by atoms with van der Waals surface area (Å²) in [6.45, 7) is 7.67. The highest BCUT2D eigenvalue weighted by Crippen LogP contribution is 2.23. The zero-order valence-corrected chi connectivity index (χ0v) is 10.6. The molecule has 2 aromatic rings. The first-order valence-electron chi connectivity index (χ1n) is 5.91. The zero-order valence-electron chi connectivity index (χ0n) is 10.6. The Morgan fingerprint density at radius 1 is 1.24 bits per heavy atom. The van der Waals surface area contributed by atoms with Gasteiger partial charge in [0.15, 0.2) is 0 Å². The van der Waals surface area contributed by atoms with Crippen LogP contribution in [0.1, 0.15) is 23.9 Å². The molecule has 3 nitrogen and oxygen atoms in total. The van der Waals surface area contributed by atoms with E-state index in [1.54, 1.807) is 0 Å². The smallest absolute Gasteiger partial charge is 0.146 e. The lowest BCUT2D eigenvalue weighted by molar-refractivity contribution is 0.286.